The molecule has 3 aromatic rings. The number of carbonyl (C=O) groups is 1. The number of hydrogen-bond donors (Lipinski definition) is 0. The van der Waals surface area contributed by atoms with Gasteiger partial charge in [0.25, 0.3) is 15.9 Å². The van der Waals surface area contributed by atoms with Gasteiger partial charge in [-0.15, -0.1) is 4.31 Å². The number of anilines is 2. The number of aromatic nitrogens is 3. The van der Waals surface area contributed by atoms with E-state index >= 15 is 0 Å². The summed E-state index contributed by atoms with van der Waals surface area (Å²) in [4.78, 5) is 28.0. The van der Waals surface area contributed by atoms with Crippen molar-refractivity contribution in [2.24, 2.45) is 5.92 Å². The Kier molecular flexibility index (Phi) is 9.04. The van der Waals surface area contributed by atoms with Gasteiger partial charge in [0.05, 0.1) is 31.3 Å². The summed E-state index contributed by atoms with van der Waals surface area (Å²) < 4.78 is 39.3. The molecule has 2 heterocycles. The topological polar surface area (TPSA) is 115 Å². The van der Waals surface area contributed by atoms with Crippen molar-refractivity contribution in [1.82, 2.24) is 15.0 Å². The Hall–Kier alpha value is -3.73. The first-order valence-corrected chi connectivity index (χ1v) is 13.5. The third-order valence-electron chi connectivity index (χ3n) is 5.49. The molecule has 0 unspecified atom stereocenters. The Labute approximate surface area is 218 Å². The number of carbonyl (C=O) groups excluding carboxylic acids is 1. The van der Waals surface area contributed by atoms with E-state index in [9.17, 15) is 13.2 Å². The van der Waals surface area contributed by atoms with E-state index in [0.29, 0.717) is 15.6 Å². The van der Waals surface area contributed by atoms with Crippen LogP contribution in [-0.4, -0.2) is 56.3 Å². The highest BCUT2D eigenvalue weighted by molar-refractivity contribution is 7.93. The molecule has 0 fully saturated rings. The van der Waals surface area contributed by atoms with Crippen LogP contribution in [0.4, 0.5) is 16.3 Å². The number of rotatable bonds is 10. The van der Waals surface area contributed by atoms with Gasteiger partial charge >= 0.3 is 6.09 Å². The molecule has 1 aromatic carbocycles. The molecule has 11 heteroatoms. The zero-order chi connectivity index (χ0) is 27.2. The molecule has 3 rings (SSSR count). The third kappa shape index (κ3) is 6.16. The highest BCUT2D eigenvalue weighted by Crippen LogP contribution is 2.34. The Morgan fingerprint density at radius 3 is 2.32 bits per heavy atom. The molecule has 0 aliphatic rings. The van der Waals surface area contributed by atoms with Gasteiger partial charge in [-0.05, 0) is 51.0 Å². The van der Waals surface area contributed by atoms with Crippen LogP contribution in [0.2, 0.25) is 0 Å². The van der Waals surface area contributed by atoms with E-state index in [0.717, 1.165) is 18.8 Å². The zero-order valence-electron chi connectivity index (χ0n) is 22.0. The molecule has 2 aromatic heterocycles. The first kappa shape index (κ1) is 27.9. The van der Waals surface area contributed by atoms with Gasteiger partial charge in [-0.25, -0.2) is 23.2 Å². The molecular weight excluding hydrogens is 494 g/mol. The van der Waals surface area contributed by atoms with E-state index in [1.54, 1.807) is 6.92 Å². The zero-order valence-corrected chi connectivity index (χ0v) is 22.8. The maximum Gasteiger partial charge on any atom is 0.430 e. The number of methoxy groups -OCH3 is 1. The van der Waals surface area contributed by atoms with E-state index < -0.39 is 16.1 Å². The van der Waals surface area contributed by atoms with E-state index in [1.165, 1.54) is 31.6 Å². The van der Waals surface area contributed by atoms with E-state index in [4.69, 9.17) is 9.47 Å². The fourth-order valence-electron chi connectivity index (χ4n) is 3.65. The average molecular weight is 528 g/mol. The molecule has 0 spiro atoms. The number of aryl methyl sites for hydroxylation is 1. The quantitative estimate of drug-likeness (QED) is 0.370. The lowest BCUT2D eigenvalue weighted by molar-refractivity contribution is 0.143. The van der Waals surface area contributed by atoms with Gasteiger partial charge in [0, 0.05) is 30.5 Å². The van der Waals surface area contributed by atoms with E-state index in [-0.39, 0.29) is 34.8 Å². The number of ether oxygens (including phenoxy) is 2. The van der Waals surface area contributed by atoms with Crippen molar-refractivity contribution in [3.8, 4) is 17.1 Å². The van der Waals surface area contributed by atoms with E-state index in [1.807, 2.05) is 38.1 Å². The Bertz CT molecular complexity index is 1330. The smallest absolute Gasteiger partial charge is 0.430 e. The molecular formula is C26H33N5O5S. The van der Waals surface area contributed by atoms with Gasteiger partial charge in [0.1, 0.15) is 4.90 Å². The Morgan fingerprint density at radius 2 is 1.73 bits per heavy atom. The van der Waals surface area contributed by atoms with Gasteiger partial charge < -0.3 is 14.4 Å². The molecule has 10 nitrogen and oxygen atoms in total. The second kappa shape index (κ2) is 12.0. The summed E-state index contributed by atoms with van der Waals surface area (Å²) in [5.74, 6) is -0.439. The summed E-state index contributed by atoms with van der Waals surface area (Å²) in [6, 6.07) is 10.3. The molecule has 0 radical (unpaired) electrons. The van der Waals surface area contributed by atoms with Crippen molar-refractivity contribution in [1.29, 1.82) is 0 Å². The molecule has 0 N–H and O–H groups in total. The lowest BCUT2D eigenvalue weighted by Crippen LogP contribution is -2.39. The number of hydrogen-bond acceptors (Lipinski definition) is 9. The lowest BCUT2D eigenvalue weighted by atomic mass is 10.1. The maximum atomic E-state index is 14.1. The van der Waals surface area contributed by atoms with Crippen molar-refractivity contribution >= 4 is 27.6 Å². The van der Waals surface area contributed by atoms with Crippen LogP contribution >= 0.6 is 0 Å². The maximum absolute atomic E-state index is 14.1. The largest absolute Gasteiger partial charge is 0.478 e. The van der Waals surface area contributed by atoms with Gasteiger partial charge in [-0.3, -0.25) is 4.98 Å². The van der Waals surface area contributed by atoms with Gasteiger partial charge in [-0.1, -0.05) is 26.0 Å². The van der Waals surface area contributed by atoms with Crippen LogP contribution in [0.25, 0.3) is 11.3 Å². The number of benzene rings is 1. The normalized spacial score (nSPS) is 11.3. The second-order valence-corrected chi connectivity index (χ2v) is 10.4. The van der Waals surface area contributed by atoms with Crippen LogP contribution in [0.5, 0.6) is 5.88 Å². The minimum Gasteiger partial charge on any atom is -0.478 e. The molecule has 0 atom stereocenters. The molecule has 0 saturated heterocycles. The first-order chi connectivity index (χ1) is 17.6. The van der Waals surface area contributed by atoms with Crippen LogP contribution < -0.4 is 13.9 Å². The molecule has 0 aliphatic carbocycles. The van der Waals surface area contributed by atoms with Crippen LogP contribution in [-0.2, 0) is 14.8 Å². The summed E-state index contributed by atoms with van der Waals surface area (Å²) in [5.41, 5.74) is 2.26. The molecule has 198 valence electrons. The minimum atomic E-state index is -4.56. The highest BCUT2D eigenvalue weighted by atomic mass is 32.2. The summed E-state index contributed by atoms with van der Waals surface area (Å²) in [5, 5.41) is 0. The second-order valence-electron chi connectivity index (χ2n) is 8.65. The van der Waals surface area contributed by atoms with Gasteiger partial charge in [-0.2, -0.15) is 0 Å². The third-order valence-corrected chi connectivity index (χ3v) is 7.18. The Morgan fingerprint density at radius 1 is 1.05 bits per heavy atom. The molecule has 0 bridgehead atoms. The van der Waals surface area contributed by atoms with E-state index in [2.05, 4.69) is 33.7 Å². The van der Waals surface area contributed by atoms with Crippen molar-refractivity contribution in [2.45, 2.75) is 39.5 Å². The van der Waals surface area contributed by atoms with Crippen molar-refractivity contribution in [3.63, 3.8) is 0 Å². The van der Waals surface area contributed by atoms with Crippen molar-refractivity contribution < 1.29 is 22.7 Å². The number of sulfonamides is 1. The molecule has 1 amide bonds. The molecule has 0 saturated carbocycles. The highest BCUT2D eigenvalue weighted by Gasteiger charge is 2.38. The standard InChI is InChI=1S/C26H33N5O5S/c1-7-30(8-2)21-13-11-20(12-14-21)23-22(10-9-15-27-23)37(33,34)31(26(32)36-17-18(3)4)24-25(35-6)29-19(5)16-28-24/h9-16,18H,7-8,17H2,1-6H3. The lowest BCUT2D eigenvalue weighted by Gasteiger charge is -2.24. The van der Waals surface area contributed by atoms with Crippen LogP contribution in [0.15, 0.2) is 53.7 Å². The molecule has 37 heavy (non-hydrogen) atoms. The summed E-state index contributed by atoms with van der Waals surface area (Å²) in [7, 11) is -3.23. The predicted octanol–water partition coefficient (Wildman–Crippen LogP) is 4.69. The fourth-order valence-corrected chi connectivity index (χ4v) is 5.12. The summed E-state index contributed by atoms with van der Waals surface area (Å²) in [6.07, 6.45) is 1.74. The van der Waals surface area contributed by atoms with Crippen LogP contribution in [0.1, 0.15) is 33.4 Å². The van der Waals surface area contributed by atoms with Gasteiger partial charge in [0.15, 0.2) is 0 Å². The fraction of sp³-hybridized carbons (Fsp3) is 0.385. The van der Waals surface area contributed by atoms with Gasteiger partial charge in [0.2, 0.25) is 5.82 Å². The molecule has 0 aliphatic heterocycles. The Balaban J connectivity index is 2.16. The number of pyridine rings is 1. The summed E-state index contributed by atoms with van der Waals surface area (Å²) in [6.45, 7) is 11.2. The number of nitrogens with zero attached hydrogens (tertiary/aromatic N) is 5. The first-order valence-electron chi connectivity index (χ1n) is 12.0. The average Bonchev–Trinajstić information content (AvgIpc) is 2.89. The minimum absolute atomic E-state index is 0.0131. The predicted molar refractivity (Wildman–Crippen MR) is 142 cm³/mol. The van der Waals surface area contributed by atoms with Crippen LogP contribution in [0, 0.1) is 12.8 Å². The van der Waals surface area contributed by atoms with Crippen molar-refractivity contribution in [3.05, 3.63) is 54.5 Å². The SMILES string of the molecule is CCN(CC)c1ccc(-c2ncccc2S(=O)(=O)N(C(=O)OCC(C)C)c2ncc(C)nc2OC)cc1. The van der Waals surface area contributed by atoms with Crippen LogP contribution in [0.3, 0.4) is 0 Å². The monoisotopic (exact) mass is 527 g/mol. The summed E-state index contributed by atoms with van der Waals surface area (Å²) >= 11 is 0. The van der Waals surface area contributed by atoms with Crippen molar-refractivity contribution in [2.75, 3.05) is 36.0 Å². The number of amides is 1.